The molecule has 3 N–H and O–H groups in total. The van der Waals surface area contributed by atoms with Gasteiger partial charge in [-0.05, 0) is 31.4 Å². The van der Waals surface area contributed by atoms with Crippen LogP contribution in [0, 0.1) is 12.8 Å². The molecule has 1 saturated carbocycles. The van der Waals surface area contributed by atoms with Crippen molar-refractivity contribution in [2.24, 2.45) is 11.7 Å². The number of piperazine rings is 1. The van der Waals surface area contributed by atoms with Crippen molar-refractivity contribution in [1.82, 2.24) is 9.88 Å². The Bertz CT molecular complexity index is 543. The number of carbonyl (C=O) groups excluding carboxylic acids is 1. The zero-order chi connectivity index (χ0) is 15.7. The molecule has 6 nitrogen and oxygen atoms in total. The fourth-order valence-corrected chi connectivity index (χ4v) is 3.50. The standard InChI is InChI=1S/C16H24N4O2.2ClH/c1-11-10-18-3-2-14(11)19-4-6-20(7-5-19)16(22)12-8-13(17)15(21)9-12;;/h2-3,10,12-13,15,21H,4-9,17H2,1H3;2*1H/t12-,13+,15+;;/m0../s1. The second kappa shape index (κ2) is 8.85. The third kappa shape index (κ3) is 4.30. The molecular formula is C16H26Cl2N4O2. The van der Waals surface area contributed by atoms with Gasteiger partial charge < -0.3 is 20.6 Å². The number of aliphatic hydroxyl groups excluding tert-OH is 1. The molecule has 8 heteroatoms. The lowest BCUT2D eigenvalue weighted by Crippen LogP contribution is -2.50. The average Bonchev–Trinajstić information content (AvgIpc) is 2.87. The summed E-state index contributed by atoms with van der Waals surface area (Å²) < 4.78 is 0. The van der Waals surface area contributed by atoms with Crippen LogP contribution in [0.2, 0.25) is 0 Å². The first-order chi connectivity index (χ1) is 10.6. The average molecular weight is 377 g/mol. The number of nitrogens with zero attached hydrogens (tertiary/aromatic N) is 3. The number of aryl methyl sites for hydroxylation is 1. The van der Waals surface area contributed by atoms with Crippen LogP contribution in [0.15, 0.2) is 18.5 Å². The van der Waals surface area contributed by atoms with Gasteiger partial charge in [0, 0.05) is 56.2 Å². The van der Waals surface area contributed by atoms with Gasteiger partial charge >= 0.3 is 0 Å². The Labute approximate surface area is 155 Å². The topological polar surface area (TPSA) is 82.7 Å². The van der Waals surface area contributed by atoms with Gasteiger partial charge in [-0.3, -0.25) is 9.78 Å². The minimum Gasteiger partial charge on any atom is -0.391 e. The number of amides is 1. The van der Waals surface area contributed by atoms with Crippen LogP contribution in [0.1, 0.15) is 18.4 Å². The van der Waals surface area contributed by atoms with E-state index in [9.17, 15) is 9.90 Å². The molecule has 0 spiro atoms. The van der Waals surface area contributed by atoms with E-state index in [1.165, 1.54) is 5.69 Å². The first-order valence-corrected chi connectivity index (χ1v) is 7.94. The summed E-state index contributed by atoms with van der Waals surface area (Å²) in [4.78, 5) is 20.9. The van der Waals surface area contributed by atoms with Gasteiger partial charge in [0.25, 0.3) is 0 Å². The maximum atomic E-state index is 12.5. The number of carbonyl (C=O) groups is 1. The Balaban J connectivity index is 0.00000144. The second-order valence-electron chi connectivity index (χ2n) is 6.37. The van der Waals surface area contributed by atoms with Crippen LogP contribution in [0.5, 0.6) is 0 Å². The molecule has 1 amide bonds. The zero-order valence-corrected chi connectivity index (χ0v) is 15.4. The van der Waals surface area contributed by atoms with Crippen molar-refractivity contribution in [1.29, 1.82) is 0 Å². The summed E-state index contributed by atoms with van der Waals surface area (Å²) in [6.07, 6.45) is 4.25. The molecule has 2 aliphatic rings. The van der Waals surface area contributed by atoms with Crippen LogP contribution in [0.25, 0.3) is 0 Å². The normalized spacial score (nSPS) is 26.5. The van der Waals surface area contributed by atoms with Gasteiger partial charge in [-0.25, -0.2) is 0 Å². The molecule has 0 unspecified atom stereocenters. The highest BCUT2D eigenvalue weighted by Crippen LogP contribution is 2.27. The van der Waals surface area contributed by atoms with Crippen molar-refractivity contribution in [3.8, 4) is 0 Å². The minimum atomic E-state index is -0.533. The van der Waals surface area contributed by atoms with E-state index >= 15 is 0 Å². The van der Waals surface area contributed by atoms with Crippen LogP contribution in [0.3, 0.4) is 0 Å². The Kier molecular flexibility index (Phi) is 7.73. The SMILES string of the molecule is Cc1cnccc1N1CCN(C(=O)[C@H]2C[C@@H](N)[C@H](O)C2)CC1.Cl.Cl. The molecule has 0 aromatic carbocycles. The Hall–Kier alpha value is -1.08. The first kappa shape index (κ1) is 21.0. The van der Waals surface area contributed by atoms with Gasteiger partial charge in [0.2, 0.25) is 5.91 Å². The molecule has 3 rings (SSSR count). The molecule has 136 valence electrons. The van der Waals surface area contributed by atoms with Crippen molar-refractivity contribution in [2.75, 3.05) is 31.1 Å². The highest BCUT2D eigenvalue weighted by molar-refractivity contribution is 5.85. The number of halogens is 2. The lowest BCUT2D eigenvalue weighted by molar-refractivity contribution is -0.135. The molecule has 2 fully saturated rings. The molecule has 2 heterocycles. The lowest BCUT2D eigenvalue weighted by Gasteiger charge is -2.37. The third-order valence-corrected chi connectivity index (χ3v) is 4.85. The van der Waals surface area contributed by atoms with Gasteiger partial charge in [-0.15, -0.1) is 24.8 Å². The highest BCUT2D eigenvalue weighted by atomic mass is 35.5. The van der Waals surface area contributed by atoms with Crippen LogP contribution in [0.4, 0.5) is 5.69 Å². The first-order valence-electron chi connectivity index (χ1n) is 7.94. The van der Waals surface area contributed by atoms with E-state index < -0.39 is 6.10 Å². The Morgan fingerprint density at radius 1 is 1.25 bits per heavy atom. The molecule has 1 aromatic heterocycles. The van der Waals surface area contributed by atoms with Crippen LogP contribution >= 0.6 is 24.8 Å². The summed E-state index contributed by atoms with van der Waals surface area (Å²) in [6.45, 7) is 5.17. The minimum absolute atomic E-state index is 0. The summed E-state index contributed by atoms with van der Waals surface area (Å²) in [5.41, 5.74) is 8.17. The largest absolute Gasteiger partial charge is 0.391 e. The molecule has 1 saturated heterocycles. The second-order valence-corrected chi connectivity index (χ2v) is 6.37. The number of aromatic nitrogens is 1. The molecule has 1 aliphatic heterocycles. The molecule has 1 aromatic rings. The quantitative estimate of drug-likeness (QED) is 0.803. The number of rotatable bonds is 2. The van der Waals surface area contributed by atoms with Crippen molar-refractivity contribution in [3.63, 3.8) is 0 Å². The lowest BCUT2D eigenvalue weighted by atomic mass is 10.1. The van der Waals surface area contributed by atoms with Crippen molar-refractivity contribution < 1.29 is 9.90 Å². The summed E-state index contributed by atoms with van der Waals surface area (Å²) >= 11 is 0. The van der Waals surface area contributed by atoms with Crippen molar-refractivity contribution in [2.45, 2.75) is 31.9 Å². The summed E-state index contributed by atoms with van der Waals surface area (Å²) in [6, 6.07) is 1.77. The van der Waals surface area contributed by atoms with Gasteiger partial charge in [0.1, 0.15) is 0 Å². The predicted octanol–water partition coefficient (Wildman–Crippen LogP) is 0.980. The molecule has 24 heavy (non-hydrogen) atoms. The van der Waals surface area contributed by atoms with Crippen molar-refractivity contribution in [3.05, 3.63) is 24.0 Å². The molecule has 0 radical (unpaired) electrons. The maximum Gasteiger partial charge on any atom is 0.225 e. The van der Waals surface area contributed by atoms with E-state index in [0.717, 1.165) is 31.7 Å². The van der Waals surface area contributed by atoms with E-state index in [1.807, 2.05) is 17.2 Å². The summed E-state index contributed by atoms with van der Waals surface area (Å²) in [5, 5.41) is 9.73. The summed E-state index contributed by atoms with van der Waals surface area (Å²) in [5.74, 6) is 0.0392. The van der Waals surface area contributed by atoms with E-state index in [4.69, 9.17) is 5.73 Å². The Morgan fingerprint density at radius 2 is 1.92 bits per heavy atom. The smallest absolute Gasteiger partial charge is 0.225 e. The Morgan fingerprint density at radius 3 is 2.46 bits per heavy atom. The maximum absolute atomic E-state index is 12.5. The van der Waals surface area contributed by atoms with E-state index in [2.05, 4.69) is 16.8 Å². The molecule has 0 bridgehead atoms. The zero-order valence-electron chi connectivity index (χ0n) is 13.8. The predicted molar refractivity (Wildman–Crippen MR) is 99.0 cm³/mol. The fraction of sp³-hybridized carbons (Fsp3) is 0.625. The van der Waals surface area contributed by atoms with E-state index in [-0.39, 0.29) is 42.7 Å². The van der Waals surface area contributed by atoms with Gasteiger partial charge in [-0.2, -0.15) is 0 Å². The number of anilines is 1. The van der Waals surface area contributed by atoms with E-state index in [1.54, 1.807) is 6.20 Å². The summed E-state index contributed by atoms with van der Waals surface area (Å²) in [7, 11) is 0. The number of hydrogen-bond donors (Lipinski definition) is 2. The van der Waals surface area contributed by atoms with Gasteiger partial charge in [0.05, 0.1) is 6.10 Å². The van der Waals surface area contributed by atoms with Gasteiger partial charge in [0.15, 0.2) is 0 Å². The molecule has 1 aliphatic carbocycles. The van der Waals surface area contributed by atoms with Crippen molar-refractivity contribution >= 4 is 36.4 Å². The van der Waals surface area contributed by atoms with Gasteiger partial charge in [-0.1, -0.05) is 0 Å². The monoisotopic (exact) mass is 376 g/mol. The molecular weight excluding hydrogens is 351 g/mol. The molecule has 3 atom stereocenters. The highest BCUT2D eigenvalue weighted by Gasteiger charge is 2.37. The van der Waals surface area contributed by atoms with Crippen LogP contribution < -0.4 is 10.6 Å². The number of hydrogen-bond acceptors (Lipinski definition) is 5. The third-order valence-electron chi connectivity index (χ3n) is 4.85. The number of nitrogens with two attached hydrogens (primary N) is 1. The van der Waals surface area contributed by atoms with Crippen LogP contribution in [-0.2, 0) is 4.79 Å². The van der Waals surface area contributed by atoms with E-state index in [0.29, 0.717) is 12.8 Å². The number of pyridine rings is 1. The van der Waals surface area contributed by atoms with Crippen LogP contribution in [-0.4, -0.2) is 59.2 Å². The fourth-order valence-electron chi connectivity index (χ4n) is 3.50. The number of aliphatic hydroxyl groups is 1.